The lowest BCUT2D eigenvalue weighted by Gasteiger charge is -2.37. The zero-order chi connectivity index (χ0) is 19.8. The smallest absolute Gasteiger partial charge is 0.262 e. The number of carbonyl (C=O) groups is 2. The van der Waals surface area contributed by atoms with Crippen molar-refractivity contribution in [1.29, 1.82) is 0 Å². The molecule has 4 rings (SSSR count). The van der Waals surface area contributed by atoms with Crippen LogP contribution in [0.5, 0.6) is 5.75 Å². The van der Waals surface area contributed by atoms with Gasteiger partial charge in [-0.2, -0.15) is 0 Å². The Kier molecular flexibility index (Phi) is 5.02. The van der Waals surface area contributed by atoms with Crippen LogP contribution < -0.4 is 15.0 Å². The van der Waals surface area contributed by atoms with Gasteiger partial charge in [0.25, 0.3) is 11.8 Å². The van der Waals surface area contributed by atoms with Gasteiger partial charge in [0, 0.05) is 36.3 Å². The van der Waals surface area contributed by atoms with Gasteiger partial charge in [0.05, 0.1) is 11.3 Å². The van der Waals surface area contributed by atoms with Crippen LogP contribution in [-0.2, 0) is 4.79 Å². The summed E-state index contributed by atoms with van der Waals surface area (Å²) in [6.07, 6.45) is 0. The first kappa shape index (κ1) is 18.8. The molecule has 0 unspecified atom stereocenters. The number of halogens is 1. The number of piperazine rings is 1. The number of benzene rings is 2. The van der Waals surface area contributed by atoms with E-state index in [1.807, 2.05) is 4.90 Å². The van der Waals surface area contributed by atoms with Crippen LogP contribution in [0.1, 0.15) is 21.5 Å². The van der Waals surface area contributed by atoms with Gasteiger partial charge in [-0.25, -0.2) is 0 Å². The van der Waals surface area contributed by atoms with E-state index in [1.54, 1.807) is 12.1 Å². The minimum atomic E-state index is -0.193. The van der Waals surface area contributed by atoms with Crippen LogP contribution in [0.3, 0.4) is 0 Å². The molecule has 2 heterocycles. The maximum absolute atomic E-state index is 13.1. The second-order valence-electron chi connectivity index (χ2n) is 7.23. The molecule has 0 radical (unpaired) electrons. The zero-order valence-corrected chi connectivity index (χ0v) is 17.5. The van der Waals surface area contributed by atoms with Crippen LogP contribution in [-0.4, -0.2) is 49.5 Å². The van der Waals surface area contributed by atoms with E-state index in [-0.39, 0.29) is 18.4 Å². The molecule has 28 heavy (non-hydrogen) atoms. The largest absolute Gasteiger partial charge is 0.482 e. The van der Waals surface area contributed by atoms with Crippen molar-refractivity contribution in [3.05, 3.63) is 51.5 Å². The van der Waals surface area contributed by atoms with Crippen LogP contribution in [0, 0.1) is 13.8 Å². The molecule has 2 amide bonds. The van der Waals surface area contributed by atoms with Crippen molar-refractivity contribution < 1.29 is 14.3 Å². The predicted octanol–water partition coefficient (Wildman–Crippen LogP) is 3.36. The van der Waals surface area contributed by atoms with Crippen molar-refractivity contribution in [2.75, 3.05) is 43.0 Å². The Morgan fingerprint density at radius 1 is 1.11 bits per heavy atom. The third kappa shape index (κ3) is 3.58. The quantitative estimate of drug-likeness (QED) is 0.772. The molecule has 0 aliphatic carbocycles. The van der Waals surface area contributed by atoms with Gasteiger partial charge in [-0.15, -0.1) is 0 Å². The molecule has 0 aromatic heterocycles. The van der Waals surface area contributed by atoms with Gasteiger partial charge in [0.2, 0.25) is 0 Å². The number of amides is 2. The van der Waals surface area contributed by atoms with E-state index < -0.39 is 0 Å². The Labute approximate surface area is 172 Å². The summed E-state index contributed by atoms with van der Waals surface area (Å²) >= 11 is 3.46. The molecule has 7 heteroatoms. The molecular formula is C21H22BrN3O3. The fourth-order valence-electron chi connectivity index (χ4n) is 3.64. The van der Waals surface area contributed by atoms with Crippen LogP contribution in [0.15, 0.2) is 34.8 Å². The summed E-state index contributed by atoms with van der Waals surface area (Å²) in [5.74, 6) is 0.303. The van der Waals surface area contributed by atoms with Gasteiger partial charge in [0.15, 0.2) is 6.61 Å². The van der Waals surface area contributed by atoms with Gasteiger partial charge < -0.3 is 19.9 Å². The highest BCUT2D eigenvalue weighted by Gasteiger charge is 2.26. The van der Waals surface area contributed by atoms with E-state index in [4.69, 9.17) is 4.74 Å². The SMILES string of the molecule is Cc1ccc(C)c(N2CCN(C(=O)c3cc4c(cc3Br)NC(=O)CO4)CC2)c1. The highest BCUT2D eigenvalue weighted by molar-refractivity contribution is 9.10. The number of aryl methyl sites for hydroxylation is 2. The minimum Gasteiger partial charge on any atom is -0.482 e. The van der Waals surface area contributed by atoms with Crippen molar-refractivity contribution in [1.82, 2.24) is 4.90 Å². The Balaban J connectivity index is 1.49. The lowest BCUT2D eigenvalue weighted by atomic mass is 10.1. The molecule has 0 saturated carbocycles. The number of anilines is 2. The van der Waals surface area contributed by atoms with E-state index in [2.05, 4.69) is 58.2 Å². The number of hydrogen-bond donors (Lipinski definition) is 1. The van der Waals surface area contributed by atoms with Crippen molar-refractivity contribution in [2.24, 2.45) is 0 Å². The molecule has 0 spiro atoms. The summed E-state index contributed by atoms with van der Waals surface area (Å²) in [6.45, 7) is 7.10. The normalized spacial score (nSPS) is 16.3. The van der Waals surface area contributed by atoms with E-state index in [0.717, 1.165) is 13.1 Å². The fraction of sp³-hybridized carbons (Fsp3) is 0.333. The monoisotopic (exact) mass is 443 g/mol. The number of fused-ring (bicyclic) bond motifs is 1. The molecular weight excluding hydrogens is 422 g/mol. The lowest BCUT2D eigenvalue weighted by Crippen LogP contribution is -2.49. The zero-order valence-electron chi connectivity index (χ0n) is 15.9. The number of ether oxygens (including phenoxy) is 1. The second-order valence-corrected chi connectivity index (χ2v) is 8.09. The Bertz CT molecular complexity index is 952. The molecule has 0 atom stereocenters. The number of carbonyl (C=O) groups excluding carboxylic acids is 2. The summed E-state index contributed by atoms with van der Waals surface area (Å²) in [4.78, 5) is 28.7. The average molecular weight is 444 g/mol. The van der Waals surface area contributed by atoms with Crippen LogP contribution in [0.2, 0.25) is 0 Å². The minimum absolute atomic E-state index is 0.0310. The molecule has 6 nitrogen and oxygen atoms in total. The van der Waals surface area contributed by atoms with Crippen LogP contribution >= 0.6 is 15.9 Å². The number of hydrogen-bond acceptors (Lipinski definition) is 4. The molecule has 2 aromatic rings. The van der Waals surface area contributed by atoms with Crippen molar-refractivity contribution >= 4 is 39.1 Å². The maximum Gasteiger partial charge on any atom is 0.262 e. The average Bonchev–Trinajstić information content (AvgIpc) is 2.69. The molecule has 2 aromatic carbocycles. The second kappa shape index (κ2) is 7.47. The van der Waals surface area contributed by atoms with E-state index in [9.17, 15) is 9.59 Å². The number of rotatable bonds is 2. The first-order valence-electron chi connectivity index (χ1n) is 9.30. The lowest BCUT2D eigenvalue weighted by molar-refractivity contribution is -0.118. The maximum atomic E-state index is 13.1. The highest BCUT2D eigenvalue weighted by atomic mass is 79.9. The van der Waals surface area contributed by atoms with Crippen LogP contribution in [0.4, 0.5) is 11.4 Å². The van der Waals surface area contributed by atoms with Gasteiger partial charge >= 0.3 is 0 Å². The van der Waals surface area contributed by atoms with Crippen molar-refractivity contribution in [3.8, 4) is 5.75 Å². The standard InChI is InChI=1S/C21H22BrN3O3/c1-13-3-4-14(2)18(9-13)24-5-7-25(8-6-24)21(27)15-10-19-17(11-16(15)22)23-20(26)12-28-19/h3-4,9-11H,5-8,12H2,1-2H3,(H,23,26). The molecule has 0 bridgehead atoms. The number of nitrogens with one attached hydrogen (secondary N) is 1. The third-order valence-electron chi connectivity index (χ3n) is 5.20. The molecule has 2 aliphatic rings. The summed E-state index contributed by atoms with van der Waals surface area (Å²) in [5, 5.41) is 2.75. The summed E-state index contributed by atoms with van der Waals surface area (Å²) < 4.78 is 6.11. The third-order valence-corrected chi connectivity index (χ3v) is 5.86. The van der Waals surface area contributed by atoms with Crippen LogP contribution in [0.25, 0.3) is 0 Å². The van der Waals surface area contributed by atoms with E-state index >= 15 is 0 Å². The fourth-order valence-corrected chi connectivity index (χ4v) is 4.16. The van der Waals surface area contributed by atoms with Gasteiger partial charge in [0.1, 0.15) is 5.75 Å². The molecule has 1 saturated heterocycles. The number of nitrogens with zero attached hydrogens (tertiary/aromatic N) is 2. The van der Waals surface area contributed by atoms with E-state index in [1.165, 1.54) is 16.8 Å². The molecule has 1 fully saturated rings. The molecule has 2 aliphatic heterocycles. The predicted molar refractivity (Wildman–Crippen MR) is 112 cm³/mol. The van der Waals surface area contributed by atoms with Crippen molar-refractivity contribution in [3.63, 3.8) is 0 Å². The summed E-state index contributed by atoms with van der Waals surface area (Å²) in [6, 6.07) is 9.91. The van der Waals surface area contributed by atoms with Gasteiger partial charge in [-0.05, 0) is 59.1 Å². The Morgan fingerprint density at radius 3 is 2.61 bits per heavy atom. The summed E-state index contributed by atoms with van der Waals surface area (Å²) in [5.41, 5.74) is 4.87. The van der Waals surface area contributed by atoms with Gasteiger partial charge in [-0.3, -0.25) is 9.59 Å². The van der Waals surface area contributed by atoms with E-state index in [0.29, 0.717) is 34.6 Å². The van der Waals surface area contributed by atoms with Crippen molar-refractivity contribution in [2.45, 2.75) is 13.8 Å². The molecule has 1 N–H and O–H groups in total. The topological polar surface area (TPSA) is 61.9 Å². The highest BCUT2D eigenvalue weighted by Crippen LogP contribution is 2.34. The Hall–Kier alpha value is -2.54. The first-order chi connectivity index (χ1) is 13.4. The first-order valence-corrected chi connectivity index (χ1v) is 10.1. The summed E-state index contributed by atoms with van der Waals surface area (Å²) in [7, 11) is 0. The molecule has 146 valence electrons. The van der Waals surface area contributed by atoms with Gasteiger partial charge in [-0.1, -0.05) is 12.1 Å². The Morgan fingerprint density at radius 2 is 1.86 bits per heavy atom.